The van der Waals surface area contributed by atoms with Crippen LogP contribution in [0.3, 0.4) is 0 Å². The maximum atomic E-state index is 15.9. The number of hydrogen-bond acceptors (Lipinski definition) is 7. The van der Waals surface area contributed by atoms with Crippen LogP contribution < -0.4 is 5.32 Å². The molecule has 3 aliphatic carbocycles. The van der Waals surface area contributed by atoms with Gasteiger partial charge in [-0.3, -0.25) is 4.79 Å². The molecule has 4 heterocycles. The monoisotopic (exact) mass is 511 g/mol. The molecule has 2 bridgehead atoms. The minimum absolute atomic E-state index is 0.0365. The number of aromatic nitrogens is 6. The highest BCUT2D eigenvalue weighted by Gasteiger charge is 2.47. The second-order valence-corrected chi connectivity index (χ2v) is 10.1. The lowest BCUT2D eigenvalue weighted by atomic mass is 9.61. The molecule has 4 aromatic heterocycles. The maximum absolute atomic E-state index is 15.9. The number of nitrogens with zero attached hydrogens (tertiary/aromatic N) is 4. The van der Waals surface area contributed by atoms with Gasteiger partial charge in [0.1, 0.15) is 22.9 Å². The minimum Gasteiger partial charge on any atom is -0.481 e. The molecule has 0 radical (unpaired) electrons. The Balaban J connectivity index is 1.49. The van der Waals surface area contributed by atoms with Crippen LogP contribution in [0.25, 0.3) is 33.8 Å². The Morgan fingerprint density at radius 1 is 1.11 bits per heavy atom. The van der Waals surface area contributed by atoms with E-state index in [-0.39, 0.29) is 34.9 Å². The van der Waals surface area contributed by atoms with Crippen LogP contribution in [0.1, 0.15) is 25.7 Å². The Morgan fingerprint density at radius 3 is 2.61 bits per heavy atom. The number of pyridine rings is 1. The third kappa shape index (κ3) is 3.80. The van der Waals surface area contributed by atoms with Gasteiger partial charge in [0.2, 0.25) is 0 Å². The molecule has 2 unspecified atom stereocenters. The van der Waals surface area contributed by atoms with Crippen LogP contribution in [0.2, 0.25) is 0 Å². The molecule has 0 aliphatic heterocycles. The number of nitrogens with one attached hydrogen (secondary N) is 3. The Morgan fingerprint density at radius 2 is 1.89 bits per heavy atom. The van der Waals surface area contributed by atoms with Crippen LogP contribution in [0.5, 0.6) is 0 Å². The summed E-state index contributed by atoms with van der Waals surface area (Å²) in [5.41, 5.74) is 1.13. The summed E-state index contributed by atoms with van der Waals surface area (Å²) in [6.45, 7) is 0. The van der Waals surface area contributed by atoms with E-state index >= 15 is 4.39 Å². The van der Waals surface area contributed by atoms with Gasteiger partial charge in [0.25, 0.3) is 0 Å². The van der Waals surface area contributed by atoms with E-state index in [0.29, 0.717) is 21.8 Å². The van der Waals surface area contributed by atoms with E-state index in [1.54, 1.807) is 12.4 Å². The van der Waals surface area contributed by atoms with E-state index in [1.165, 1.54) is 17.8 Å². The van der Waals surface area contributed by atoms with Gasteiger partial charge < -0.3 is 20.4 Å². The predicted molar refractivity (Wildman–Crippen MR) is 130 cm³/mol. The highest BCUT2D eigenvalue weighted by molar-refractivity contribution is 7.98. The minimum atomic E-state index is -0.882. The van der Waals surface area contributed by atoms with Crippen LogP contribution in [0.4, 0.5) is 14.6 Å². The molecule has 186 valence electrons. The van der Waals surface area contributed by atoms with Gasteiger partial charge in [-0.15, -0.1) is 0 Å². The first-order valence-corrected chi connectivity index (χ1v) is 12.9. The van der Waals surface area contributed by atoms with Crippen molar-refractivity contribution >= 4 is 34.6 Å². The quantitative estimate of drug-likeness (QED) is 0.274. The lowest BCUT2D eigenvalue weighted by molar-refractivity contribution is -0.148. The molecule has 4 N–H and O–H groups in total. The third-order valence-electron chi connectivity index (χ3n) is 7.39. The summed E-state index contributed by atoms with van der Waals surface area (Å²) < 4.78 is 29.9. The van der Waals surface area contributed by atoms with E-state index in [2.05, 4.69) is 35.2 Å². The molecular formula is C24H23F2N7O2S. The molecule has 0 aromatic carbocycles. The molecule has 3 aliphatic rings. The number of carboxylic acids is 1. The predicted octanol–water partition coefficient (Wildman–Crippen LogP) is 4.71. The molecule has 36 heavy (non-hydrogen) atoms. The summed E-state index contributed by atoms with van der Waals surface area (Å²) in [5, 5.41) is 14.2. The number of hydrogen-bond donors (Lipinski definition) is 4. The molecule has 0 spiro atoms. The highest BCUT2D eigenvalue weighted by atomic mass is 32.2. The molecule has 3 fully saturated rings. The topological polar surface area (TPSA) is 132 Å². The van der Waals surface area contributed by atoms with E-state index in [9.17, 15) is 14.3 Å². The number of thioether (sulfide) groups is 1. The first-order chi connectivity index (χ1) is 17.4. The van der Waals surface area contributed by atoms with Crippen LogP contribution in [-0.4, -0.2) is 53.3 Å². The smallest absolute Gasteiger partial charge is 0.308 e. The van der Waals surface area contributed by atoms with Crippen molar-refractivity contribution in [2.24, 2.45) is 17.8 Å². The molecule has 3 saturated carbocycles. The zero-order valence-electron chi connectivity index (χ0n) is 19.3. The van der Waals surface area contributed by atoms with Crippen LogP contribution >= 0.6 is 11.8 Å². The number of H-pyrrole nitrogens is 2. The van der Waals surface area contributed by atoms with Crippen molar-refractivity contribution < 1.29 is 18.7 Å². The fourth-order valence-corrected chi connectivity index (χ4v) is 6.06. The Bertz CT molecular complexity index is 1460. The Kier molecular flexibility index (Phi) is 5.62. The van der Waals surface area contributed by atoms with Crippen molar-refractivity contribution in [3.8, 4) is 22.8 Å². The van der Waals surface area contributed by atoms with E-state index < -0.39 is 29.6 Å². The van der Waals surface area contributed by atoms with Gasteiger partial charge in [-0.25, -0.2) is 28.7 Å². The fourth-order valence-electron chi connectivity index (χ4n) is 5.70. The summed E-state index contributed by atoms with van der Waals surface area (Å²) in [6.07, 6.45) is 9.61. The number of aliphatic carboxylic acids is 1. The second kappa shape index (κ2) is 8.84. The van der Waals surface area contributed by atoms with Gasteiger partial charge in [0.05, 0.1) is 12.1 Å². The van der Waals surface area contributed by atoms with Crippen molar-refractivity contribution in [2.45, 2.75) is 36.9 Å². The average Bonchev–Trinajstić information content (AvgIpc) is 3.53. The van der Waals surface area contributed by atoms with Gasteiger partial charge >= 0.3 is 5.97 Å². The van der Waals surface area contributed by atoms with Crippen molar-refractivity contribution in [3.05, 3.63) is 36.3 Å². The summed E-state index contributed by atoms with van der Waals surface area (Å²) in [6, 6.07) is 0.859. The summed E-state index contributed by atoms with van der Waals surface area (Å²) >= 11 is 1.37. The molecule has 9 nitrogen and oxygen atoms in total. The maximum Gasteiger partial charge on any atom is 0.308 e. The largest absolute Gasteiger partial charge is 0.481 e. The number of halogens is 2. The molecule has 2 atom stereocenters. The second-order valence-electron chi connectivity index (χ2n) is 9.31. The fraction of sp³-hybridized carbons (Fsp3) is 0.375. The van der Waals surface area contributed by atoms with Crippen molar-refractivity contribution in [3.63, 3.8) is 0 Å². The van der Waals surface area contributed by atoms with E-state index in [1.807, 2.05) is 6.26 Å². The first-order valence-electron chi connectivity index (χ1n) is 11.7. The summed E-state index contributed by atoms with van der Waals surface area (Å²) in [5.74, 6) is -2.54. The number of carbonyl (C=O) groups is 1. The van der Waals surface area contributed by atoms with Gasteiger partial charge in [-0.05, 0) is 49.8 Å². The van der Waals surface area contributed by atoms with Crippen LogP contribution in [0.15, 0.2) is 29.8 Å². The molecule has 12 heteroatoms. The third-order valence-corrected chi connectivity index (χ3v) is 7.98. The SMILES string of the molecule is CSc1nc(-c2nc(-c3c[nH]c4ncc(F)cc34)nc(NC3C4CCC(CC4)C3C(=O)O)c2F)c[nH]1. The molecule has 0 saturated heterocycles. The average molecular weight is 512 g/mol. The number of imidazole rings is 1. The zero-order chi connectivity index (χ0) is 25.0. The van der Waals surface area contributed by atoms with Gasteiger partial charge in [-0.2, -0.15) is 0 Å². The normalized spacial score (nSPS) is 23.3. The number of anilines is 1. The number of rotatable bonds is 6. The van der Waals surface area contributed by atoms with Crippen molar-refractivity contribution in [1.82, 2.24) is 29.9 Å². The van der Waals surface area contributed by atoms with E-state index in [0.717, 1.165) is 31.9 Å². The van der Waals surface area contributed by atoms with E-state index in [4.69, 9.17) is 0 Å². The Hall–Kier alpha value is -3.54. The lowest BCUT2D eigenvalue weighted by Crippen LogP contribution is -2.51. The molecule has 4 aromatic rings. The number of fused-ring (bicyclic) bond motifs is 4. The van der Waals surface area contributed by atoms with Gasteiger partial charge in [0, 0.05) is 29.4 Å². The lowest BCUT2D eigenvalue weighted by Gasteiger charge is -2.47. The Labute approximate surface area is 208 Å². The standard InChI is InChI=1S/C24H23F2N7O2S/c1-36-24-29-9-15(30-24)19-17(26)22(31-18-11-4-2-10(3-5-11)16(18)23(34)35)33-21(32-19)14-8-28-20-13(14)6-12(25)7-27-20/h6-11,16,18H,2-5H2,1H3,(H,27,28)(H,29,30)(H,34,35)(H,31,32,33). The first kappa shape index (κ1) is 22.9. The number of aromatic amines is 2. The van der Waals surface area contributed by atoms with Gasteiger partial charge in [-0.1, -0.05) is 11.8 Å². The van der Waals surface area contributed by atoms with Crippen molar-refractivity contribution in [1.29, 1.82) is 0 Å². The molecule has 0 amide bonds. The zero-order valence-corrected chi connectivity index (χ0v) is 20.1. The molecular weight excluding hydrogens is 488 g/mol. The van der Waals surface area contributed by atoms with Gasteiger partial charge in [0.15, 0.2) is 22.6 Å². The summed E-state index contributed by atoms with van der Waals surface area (Å²) in [4.78, 5) is 35.5. The van der Waals surface area contributed by atoms with Crippen LogP contribution in [0, 0.1) is 29.4 Å². The molecule has 7 rings (SSSR count). The number of carboxylic acid groups (broad SMARTS) is 1. The summed E-state index contributed by atoms with van der Waals surface area (Å²) in [7, 11) is 0. The van der Waals surface area contributed by atoms with Crippen molar-refractivity contribution in [2.75, 3.05) is 11.6 Å². The highest BCUT2D eigenvalue weighted by Crippen LogP contribution is 2.46. The van der Waals surface area contributed by atoms with Crippen LogP contribution in [-0.2, 0) is 4.79 Å².